The minimum Gasteiger partial charge on any atom is -0.497 e. The van der Waals surface area contributed by atoms with E-state index in [0.29, 0.717) is 6.42 Å². The third-order valence-corrected chi connectivity index (χ3v) is 2.41. The number of rotatable bonds is 5. The summed E-state index contributed by atoms with van der Waals surface area (Å²) in [6.45, 7) is 3.58. The van der Waals surface area contributed by atoms with Gasteiger partial charge in [0.15, 0.2) is 6.23 Å². The molecule has 0 aromatic heterocycles. The maximum atomic E-state index is 5.62. The van der Waals surface area contributed by atoms with Gasteiger partial charge in [0.25, 0.3) is 0 Å². The van der Waals surface area contributed by atoms with E-state index in [0.717, 1.165) is 11.5 Å². The maximum absolute atomic E-state index is 5.62. The third-order valence-electron chi connectivity index (χ3n) is 2.41. The third kappa shape index (κ3) is 6.61. The van der Waals surface area contributed by atoms with Gasteiger partial charge in [-0.15, -0.1) is 6.58 Å². The van der Waals surface area contributed by atoms with Gasteiger partial charge in [-0.2, -0.15) is 0 Å². The van der Waals surface area contributed by atoms with Crippen molar-refractivity contribution in [2.75, 3.05) is 7.11 Å². The van der Waals surface area contributed by atoms with Crippen LogP contribution in [-0.2, 0) is 0 Å². The first kappa shape index (κ1) is 15.8. The van der Waals surface area contributed by atoms with Gasteiger partial charge in [-0.05, 0) is 24.3 Å². The molecule has 0 aliphatic carbocycles. The second-order valence-electron chi connectivity index (χ2n) is 4.01. The fraction of sp³-hybridized carbons (Fsp3) is 0.176. The molecule has 0 fully saturated rings. The van der Waals surface area contributed by atoms with Crippen molar-refractivity contribution >= 4 is 0 Å². The van der Waals surface area contributed by atoms with Crippen molar-refractivity contribution in [1.29, 1.82) is 0 Å². The predicted molar refractivity (Wildman–Crippen MR) is 82.9 cm³/mol. The summed E-state index contributed by atoms with van der Waals surface area (Å²) in [6.07, 6.45) is 2.12. The smallest absolute Gasteiger partial charge is 0.151 e. The summed E-state index contributed by atoms with van der Waals surface area (Å²) >= 11 is 0. The van der Waals surface area contributed by atoms with Crippen LogP contribution in [0.2, 0.25) is 0 Å². The fourth-order valence-corrected chi connectivity index (χ4v) is 1.44. The lowest BCUT2D eigenvalue weighted by Crippen LogP contribution is -2.26. The summed E-state index contributed by atoms with van der Waals surface area (Å²) in [4.78, 5) is 0. The van der Waals surface area contributed by atoms with Gasteiger partial charge >= 0.3 is 0 Å². The zero-order chi connectivity index (χ0) is 14.6. The van der Waals surface area contributed by atoms with Gasteiger partial charge in [-0.1, -0.05) is 42.5 Å². The lowest BCUT2D eigenvalue weighted by Gasteiger charge is -2.11. The van der Waals surface area contributed by atoms with Crippen molar-refractivity contribution in [2.45, 2.75) is 12.6 Å². The second kappa shape index (κ2) is 9.64. The average molecular weight is 271 g/mol. The van der Waals surface area contributed by atoms with Crippen LogP contribution in [0.1, 0.15) is 6.42 Å². The second-order valence-corrected chi connectivity index (χ2v) is 4.01. The summed E-state index contributed by atoms with van der Waals surface area (Å²) < 4.78 is 10.3. The normalized spacial score (nSPS) is 10.7. The Hall–Kier alpha value is -2.26. The van der Waals surface area contributed by atoms with E-state index < -0.39 is 0 Å². The fourth-order valence-electron chi connectivity index (χ4n) is 1.44. The largest absolute Gasteiger partial charge is 0.497 e. The standard InChI is InChI=1S/C10H13NO.C7H8O/c1-2-6-10(11)12-9-7-4-3-5-8-9;1-8-7-5-3-2-4-6-7/h2-5,7-8,10H,1,6,11H2;2-6H,1H3. The predicted octanol–water partition coefficient (Wildman–Crippen LogP) is 3.62. The molecule has 2 rings (SSSR count). The molecule has 3 nitrogen and oxygen atoms in total. The van der Waals surface area contributed by atoms with Gasteiger partial charge in [-0.25, -0.2) is 0 Å². The number of hydrogen-bond donors (Lipinski definition) is 1. The molecule has 3 heteroatoms. The Kier molecular flexibility index (Phi) is 7.62. The molecule has 0 bridgehead atoms. The van der Waals surface area contributed by atoms with Gasteiger partial charge in [-0.3, -0.25) is 5.73 Å². The highest BCUT2D eigenvalue weighted by atomic mass is 16.5. The first-order valence-electron chi connectivity index (χ1n) is 6.43. The van der Waals surface area contributed by atoms with Gasteiger partial charge in [0.05, 0.1) is 7.11 Å². The van der Waals surface area contributed by atoms with Crippen molar-refractivity contribution in [3.63, 3.8) is 0 Å². The molecular weight excluding hydrogens is 250 g/mol. The summed E-state index contributed by atoms with van der Waals surface area (Å²) in [7, 11) is 1.66. The minimum atomic E-state index is -0.287. The van der Waals surface area contributed by atoms with E-state index in [1.807, 2.05) is 60.7 Å². The van der Waals surface area contributed by atoms with Crippen molar-refractivity contribution in [3.05, 3.63) is 73.3 Å². The number of ether oxygens (including phenoxy) is 2. The lowest BCUT2D eigenvalue weighted by molar-refractivity contribution is 0.213. The van der Waals surface area contributed by atoms with Crippen LogP contribution in [0.25, 0.3) is 0 Å². The highest BCUT2D eigenvalue weighted by molar-refractivity contribution is 5.21. The SMILES string of the molecule is C=CCC(N)Oc1ccccc1.COc1ccccc1. The van der Waals surface area contributed by atoms with Gasteiger partial charge in [0, 0.05) is 6.42 Å². The van der Waals surface area contributed by atoms with Crippen molar-refractivity contribution in [3.8, 4) is 11.5 Å². The van der Waals surface area contributed by atoms with Crippen LogP contribution in [-0.4, -0.2) is 13.3 Å². The monoisotopic (exact) mass is 271 g/mol. The molecule has 0 spiro atoms. The van der Waals surface area contributed by atoms with Crippen LogP contribution in [0.3, 0.4) is 0 Å². The molecule has 0 radical (unpaired) electrons. The molecule has 2 aromatic carbocycles. The van der Waals surface area contributed by atoms with Crippen LogP contribution in [0.5, 0.6) is 11.5 Å². The minimum absolute atomic E-state index is 0.287. The summed E-state index contributed by atoms with van der Waals surface area (Å²) in [5.41, 5.74) is 5.62. The average Bonchev–Trinajstić information content (AvgIpc) is 2.50. The van der Waals surface area contributed by atoms with Crippen molar-refractivity contribution in [2.24, 2.45) is 5.73 Å². The molecule has 0 saturated heterocycles. The molecule has 0 aliphatic rings. The van der Waals surface area contributed by atoms with Crippen molar-refractivity contribution < 1.29 is 9.47 Å². The number of benzene rings is 2. The maximum Gasteiger partial charge on any atom is 0.151 e. The first-order valence-corrected chi connectivity index (χ1v) is 6.43. The first-order chi connectivity index (χ1) is 9.76. The van der Waals surface area contributed by atoms with E-state index in [-0.39, 0.29) is 6.23 Å². The van der Waals surface area contributed by atoms with Crippen LogP contribution in [0.15, 0.2) is 73.3 Å². The molecule has 1 atom stereocenters. The van der Waals surface area contributed by atoms with Crippen LogP contribution in [0.4, 0.5) is 0 Å². The Morgan fingerprint density at radius 3 is 1.90 bits per heavy atom. The Morgan fingerprint density at radius 1 is 1.00 bits per heavy atom. The molecule has 0 aliphatic heterocycles. The molecule has 106 valence electrons. The summed E-state index contributed by atoms with van der Waals surface area (Å²) in [5, 5.41) is 0. The molecular formula is C17H21NO2. The Labute approximate surface area is 120 Å². The van der Waals surface area contributed by atoms with E-state index in [1.165, 1.54) is 0 Å². The van der Waals surface area contributed by atoms with E-state index in [1.54, 1.807) is 13.2 Å². The highest BCUT2D eigenvalue weighted by Crippen LogP contribution is 2.10. The molecule has 20 heavy (non-hydrogen) atoms. The van der Waals surface area contributed by atoms with E-state index >= 15 is 0 Å². The molecule has 0 heterocycles. The molecule has 2 N–H and O–H groups in total. The van der Waals surface area contributed by atoms with Crippen LogP contribution >= 0.6 is 0 Å². The number of nitrogens with two attached hydrogens (primary N) is 1. The van der Waals surface area contributed by atoms with Gasteiger partial charge in [0.2, 0.25) is 0 Å². The van der Waals surface area contributed by atoms with Gasteiger partial charge < -0.3 is 9.47 Å². The Morgan fingerprint density at radius 2 is 1.50 bits per heavy atom. The van der Waals surface area contributed by atoms with Crippen LogP contribution in [0, 0.1) is 0 Å². The van der Waals surface area contributed by atoms with E-state index in [4.69, 9.17) is 15.2 Å². The van der Waals surface area contributed by atoms with Crippen LogP contribution < -0.4 is 15.2 Å². The van der Waals surface area contributed by atoms with Gasteiger partial charge in [0.1, 0.15) is 11.5 Å². The number of para-hydroxylation sites is 2. The molecule has 2 aromatic rings. The number of hydrogen-bond acceptors (Lipinski definition) is 3. The topological polar surface area (TPSA) is 44.5 Å². The highest BCUT2D eigenvalue weighted by Gasteiger charge is 1.99. The summed E-state index contributed by atoms with van der Waals surface area (Å²) in [6, 6.07) is 19.2. The lowest BCUT2D eigenvalue weighted by atomic mass is 10.3. The summed E-state index contributed by atoms with van der Waals surface area (Å²) in [5.74, 6) is 1.71. The zero-order valence-electron chi connectivity index (χ0n) is 11.7. The molecule has 0 amide bonds. The number of methoxy groups -OCH3 is 1. The quantitative estimate of drug-likeness (QED) is 0.667. The molecule has 1 unspecified atom stereocenters. The van der Waals surface area contributed by atoms with Crippen molar-refractivity contribution in [1.82, 2.24) is 0 Å². The Bertz CT molecular complexity index is 471. The van der Waals surface area contributed by atoms with E-state index in [9.17, 15) is 0 Å². The zero-order valence-corrected chi connectivity index (χ0v) is 11.7. The van der Waals surface area contributed by atoms with E-state index in [2.05, 4.69) is 6.58 Å². The molecule has 0 saturated carbocycles. The Balaban J connectivity index is 0.000000217.